The molecule has 0 radical (unpaired) electrons. The number of hydrogen-bond donors (Lipinski definition) is 1. The van der Waals surface area contributed by atoms with Crippen molar-refractivity contribution in [1.82, 2.24) is 10.2 Å². The van der Waals surface area contributed by atoms with E-state index in [0.717, 1.165) is 44.5 Å². The average molecular weight is 288 g/mol. The average Bonchev–Trinajstić information content (AvgIpc) is 2.64. The van der Waals surface area contributed by atoms with Crippen LogP contribution in [0.15, 0.2) is 24.3 Å². The van der Waals surface area contributed by atoms with Crippen LogP contribution in [0.25, 0.3) is 0 Å². The molecule has 21 heavy (non-hydrogen) atoms. The largest absolute Gasteiger partial charge is 0.339 e. The van der Waals surface area contributed by atoms with Crippen LogP contribution < -0.4 is 5.32 Å². The lowest BCUT2D eigenvalue weighted by Gasteiger charge is -2.21. The predicted molar refractivity (Wildman–Crippen MR) is 87.7 cm³/mol. The molecule has 3 heteroatoms. The van der Waals surface area contributed by atoms with Gasteiger partial charge in [-0.25, -0.2) is 0 Å². The first-order chi connectivity index (χ1) is 10.2. The number of carbonyl (C=O) groups excluding carboxylic acids is 1. The number of nitrogens with one attached hydrogen (secondary N) is 1. The van der Waals surface area contributed by atoms with E-state index in [1.54, 1.807) is 0 Å². The van der Waals surface area contributed by atoms with Crippen LogP contribution >= 0.6 is 0 Å². The quantitative estimate of drug-likeness (QED) is 0.781. The molecule has 1 aliphatic rings. The van der Waals surface area contributed by atoms with Gasteiger partial charge < -0.3 is 10.2 Å². The van der Waals surface area contributed by atoms with Crippen molar-refractivity contribution >= 4 is 5.91 Å². The Balaban J connectivity index is 1.83. The lowest BCUT2D eigenvalue weighted by molar-refractivity contribution is 0.0757. The first kappa shape index (κ1) is 16.0. The molecule has 116 valence electrons. The van der Waals surface area contributed by atoms with Crippen molar-refractivity contribution in [1.29, 1.82) is 0 Å². The van der Waals surface area contributed by atoms with Crippen LogP contribution in [-0.2, 0) is 6.42 Å². The molecule has 0 aliphatic carbocycles. The highest BCUT2D eigenvalue weighted by Crippen LogP contribution is 2.19. The Morgan fingerprint density at radius 2 is 2.10 bits per heavy atom. The van der Waals surface area contributed by atoms with Crippen LogP contribution in [-0.4, -0.2) is 36.5 Å². The van der Waals surface area contributed by atoms with E-state index in [2.05, 4.69) is 25.2 Å². The Morgan fingerprint density at radius 1 is 1.29 bits per heavy atom. The maximum atomic E-state index is 12.6. The summed E-state index contributed by atoms with van der Waals surface area (Å²) < 4.78 is 0. The Kier molecular flexibility index (Phi) is 6.24. The van der Waals surface area contributed by atoms with Crippen molar-refractivity contribution in [3.8, 4) is 0 Å². The first-order valence-electron chi connectivity index (χ1n) is 8.33. The van der Waals surface area contributed by atoms with E-state index < -0.39 is 0 Å². The number of amides is 1. The third kappa shape index (κ3) is 4.57. The molecule has 1 aromatic rings. The van der Waals surface area contributed by atoms with Crippen LogP contribution in [0.2, 0.25) is 0 Å². The summed E-state index contributed by atoms with van der Waals surface area (Å²) in [4.78, 5) is 14.6. The molecule has 1 aromatic carbocycles. The van der Waals surface area contributed by atoms with E-state index in [1.165, 1.54) is 18.4 Å². The number of carbonyl (C=O) groups is 1. The van der Waals surface area contributed by atoms with Gasteiger partial charge in [0, 0.05) is 24.7 Å². The standard InChI is InChI=1S/C18H28N2O/c1-3-19-15(2)9-6-7-13-20-14-8-11-16-10-4-5-12-17(16)18(20)21/h4-5,10,12,15,19H,3,6-9,11,13-14H2,1-2H3. The topological polar surface area (TPSA) is 32.3 Å². The van der Waals surface area contributed by atoms with E-state index in [-0.39, 0.29) is 5.91 Å². The van der Waals surface area contributed by atoms with Gasteiger partial charge in [-0.1, -0.05) is 31.5 Å². The minimum absolute atomic E-state index is 0.225. The lowest BCUT2D eigenvalue weighted by atomic mass is 10.0. The summed E-state index contributed by atoms with van der Waals surface area (Å²) in [5, 5.41) is 3.44. The number of fused-ring (bicyclic) bond motifs is 1. The van der Waals surface area contributed by atoms with Gasteiger partial charge in [-0.2, -0.15) is 0 Å². The van der Waals surface area contributed by atoms with Gasteiger partial charge >= 0.3 is 0 Å². The van der Waals surface area contributed by atoms with Crippen molar-refractivity contribution < 1.29 is 4.79 Å². The second kappa shape index (κ2) is 8.18. The molecular weight excluding hydrogens is 260 g/mol. The monoisotopic (exact) mass is 288 g/mol. The minimum Gasteiger partial charge on any atom is -0.339 e. The van der Waals surface area contributed by atoms with Gasteiger partial charge in [-0.15, -0.1) is 0 Å². The SMILES string of the molecule is CCNC(C)CCCCN1CCCc2ccccc2C1=O. The van der Waals surface area contributed by atoms with Gasteiger partial charge in [0.1, 0.15) is 0 Å². The molecule has 1 amide bonds. The van der Waals surface area contributed by atoms with Crippen LogP contribution in [0.5, 0.6) is 0 Å². The predicted octanol–water partition coefficient (Wildman–Crippen LogP) is 3.24. The fourth-order valence-corrected chi connectivity index (χ4v) is 3.10. The zero-order valence-corrected chi connectivity index (χ0v) is 13.4. The summed E-state index contributed by atoms with van der Waals surface area (Å²) in [6.07, 6.45) is 5.57. The normalized spacial score (nSPS) is 16.5. The number of nitrogens with zero attached hydrogens (tertiary/aromatic N) is 1. The van der Waals surface area contributed by atoms with Crippen molar-refractivity contribution in [3.05, 3.63) is 35.4 Å². The van der Waals surface area contributed by atoms with Crippen LogP contribution in [0.3, 0.4) is 0 Å². The van der Waals surface area contributed by atoms with Crippen LogP contribution in [0.1, 0.15) is 55.5 Å². The maximum Gasteiger partial charge on any atom is 0.254 e. The Labute approximate surface area is 128 Å². The molecule has 0 saturated carbocycles. The van der Waals surface area contributed by atoms with Gasteiger partial charge in [-0.05, 0) is 50.8 Å². The molecule has 1 aliphatic heterocycles. The van der Waals surface area contributed by atoms with Gasteiger partial charge in [0.05, 0.1) is 0 Å². The van der Waals surface area contributed by atoms with Gasteiger partial charge in [0.2, 0.25) is 0 Å². The smallest absolute Gasteiger partial charge is 0.254 e. The fraction of sp³-hybridized carbons (Fsp3) is 0.611. The summed E-state index contributed by atoms with van der Waals surface area (Å²) in [5.74, 6) is 0.225. The second-order valence-corrected chi connectivity index (χ2v) is 6.01. The molecule has 1 atom stereocenters. The minimum atomic E-state index is 0.225. The van der Waals surface area contributed by atoms with E-state index in [1.807, 2.05) is 23.1 Å². The van der Waals surface area contributed by atoms with E-state index >= 15 is 0 Å². The molecule has 2 rings (SSSR count). The summed E-state index contributed by atoms with van der Waals surface area (Å²) in [7, 11) is 0. The molecule has 1 N–H and O–H groups in total. The molecule has 0 fully saturated rings. The third-order valence-corrected chi connectivity index (χ3v) is 4.28. The second-order valence-electron chi connectivity index (χ2n) is 6.01. The molecule has 1 heterocycles. The molecule has 0 spiro atoms. The van der Waals surface area contributed by atoms with Crippen LogP contribution in [0.4, 0.5) is 0 Å². The number of unbranched alkanes of at least 4 members (excludes halogenated alkanes) is 1. The van der Waals surface area contributed by atoms with Crippen molar-refractivity contribution in [2.75, 3.05) is 19.6 Å². The summed E-state index contributed by atoms with van der Waals surface area (Å²) in [6.45, 7) is 7.20. The number of rotatable bonds is 7. The number of aryl methyl sites for hydroxylation is 1. The van der Waals surface area contributed by atoms with Crippen molar-refractivity contribution in [3.63, 3.8) is 0 Å². The van der Waals surface area contributed by atoms with E-state index in [4.69, 9.17) is 0 Å². The summed E-state index contributed by atoms with van der Waals surface area (Å²) in [5.41, 5.74) is 2.13. The van der Waals surface area contributed by atoms with Crippen molar-refractivity contribution in [2.45, 2.75) is 52.0 Å². The zero-order valence-electron chi connectivity index (χ0n) is 13.4. The van der Waals surface area contributed by atoms with Gasteiger partial charge in [0.15, 0.2) is 0 Å². The summed E-state index contributed by atoms with van der Waals surface area (Å²) >= 11 is 0. The van der Waals surface area contributed by atoms with Gasteiger partial charge in [0.25, 0.3) is 5.91 Å². The number of hydrogen-bond acceptors (Lipinski definition) is 2. The highest BCUT2D eigenvalue weighted by Gasteiger charge is 2.21. The molecular formula is C18H28N2O. The highest BCUT2D eigenvalue weighted by molar-refractivity contribution is 5.96. The van der Waals surface area contributed by atoms with Crippen LogP contribution in [0, 0.1) is 0 Å². The highest BCUT2D eigenvalue weighted by atomic mass is 16.2. The Bertz CT molecular complexity index is 458. The molecule has 0 saturated heterocycles. The van der Waals surface area contributed by atoms with Gasteiger partial charge in [-0.3, -0.25) is 4.79 Å². The number of benzene rings is 1. The first-order valence-corrected chi connectivity index (χ1v) is 8.33. The maximum absolute atomic E-state index is 12.6. The van der Waals surface area contributed by atoms with E-state index in [0.29, 0.717) is 6.04 Å². The van der Waals surface area contributed by atoms with Crippen molar-refractivity contribution in [2.24, 2.45) is 0 Å². The molecule has 0 bridgehead atoms. The molecule has 0 aromatic heterocycles. The lowest BCUT2D eigenvalue weighted by Crippen LogP contribution is -2.32. The van der Waals surface area contributed by atoms with E-state index in [9.17, 15) is 4.79 Å². The summed E-state index contributed by atoms with van der Waals surface area (Å²) in [6, 6.07) is 8.65. The third-order valence-electron chi connectivity index (χ3n) is 4.28. The molecule has 3 nitrogen and oxygen atoms in total. The zero-order chi connectivity index (χ0) is 15.1. The molecule has 1 unspecified atom stereocenters. The Hall–Kier alpha value is -1.35. The fourth-order valence-electron chi connectivity index (χ4n) is 3.10. The Morgan fingerprint density at radius 3 is 2.90 bits per heavy atom.